The zero-order chi connectivity index (χ0) is 47.4. The highest BCUT2D eigenvalue weighted by atomic mass is 16.5. The summed E-state index contributed by atoms with van der Waals surface area (Å²) in [6.45, 7) is 16.2. The van der Waals surface area contributed by atoms with Crippen molar-refractivity contribution in [2.24, 2.45) is 11.8 Å². The lowest BCUT2D eigenvalue weighted by atomic mass is 9.96. The van der Waals surface area contributed by atoms with Crippen LogP contribution in [-0.2, 0) is 48.2 Å². The normalized spacial score (nSPS) is 20.3. The van der Waals surface area contributed by atoms with Crippen LogP contribution in [0.15, 0.2) is 95.0 Å². The number of aromatic carboxylic acids is 1. The summed E-state index contributed by atoms with van der Waals surface area (Å²) in [7, 11) is 0. The fourth-order valence-electron chi connectivity index (χ4n) is 9.85. The largest absolute Gasteiger partial charge is 0.488 e. The molecular weight excluding hydrogens is 851 g/mol. The van der Waals surface area contributed by atoms with E-state index in [4.69, 9.17) is 18.9 Å². The molecule has 4 atom stereocenters. The minimum Gasteiger partial charge on any atom is -0.488 e. The molecule has 67 heavy (non-hydrogen) atoms. The molecule has 2 saturated heterocycles. The Labute approximate surface area is 390 Å². The SMILES string of the molecule is CCn1cc(C(=O)N2[C@H](C)COC[C@H]2C)c(=O)c2cc(OC3Cc4ccccc4C3)cnc21.CCn1cc(C(=O)O)c(=O)c2cc(OC3Cc4ccccc4C3)cnc21.C[C@@H]1COC[C@@H](C)C1. The van der Waals surface area contributed by atoms with Crippen molar-refractivity contribution in [3.05, 3.63) is 139 Å². The van der Waals surface area contributed by atoms with Crippen LogP contribution in [0, 0.1) is 11.8 Å². The van der Waals surface area contributed by atoms with Crippen LogP contribution in [0.25, 0.3) is 22.1 Å². The topological polar surface area (TPSA) is 164 Å². The number of carboxylic acids is 1. The number of hydrogen-bond donors (Lipinski definition) is 1. The Morgan fingerprint density at radius 1 is 0.642 bits per heavy atom. The quantitative estimate of drug-likeness (QED) is 0.160. The fraction of sp³-hybridized carbons (Fsp3) is 0.434. The molecule has 10 rings (SSSR count). The first kappa shape index (κ1) is 47.1. The molecule has 14 heteroatoms. The number of carbonyl (C=O) groups is 2. The molecular formula is C53H61N5O9. The summed E-state index contributed by atoms with van der Waals surface area (Å²) < 4.78 is 26.6. The summed E-state index contributed by atoms with van der Waals surface area (Å²) in [6.07, 6.45) is 10.9. The Hall–Kier alpha value is -6.38. The second-order valence-corrected chi connectivity index (χ2v) is 18.5. The number of carbonyl (C=O) groups excluding carboxylic acids is 1. The molecule has 2 aliphatic carbocycles. The van der Waals surface area contributed by atoms with Crippen molar-refractivity contribution in [3.63, 3.8) is 0 Å². The Morgan fingerprint density at radius 3 is 1.43 bits per heavy atom. The number of fused-ring (bicyclic) bond motifs is 4. The van der Waals surface area contributed by atoms with Crippen molar-refractivity contribution in [1.29, 1.82) is 0 Å². The van der Waals surface area contributed by atoms with Gasteiger partial charge in [-0.1, -0.05) is 62.4 Å². The zero-order valence-electron chi connectivity index (χ0n) is 39.3. The molecule has 0 unspecified atom stereocenters. The summed E-state index contributed by atoms with van der Waals surface area (Å²) >= 11 is 0. The van der Waals surface area contributed by atoms with E-state index in [0.29, 0.717) is 54.5 Å². The zero-order valence-corrected chi connectivity index (χ0v) is 39.3. The van der Waals surface area contributed by atoms with E-state index in [9.17, 15) is 24.3 Å². The van der Waals surface area contributed by atoms with Crippen LogP contribution >= 0.6 is 0 Å². The van der Waals surface area contributed by atoms with Crippen LogP contribution in [0.2, 0.25) is 0 Å². The molecule has 1 amide bonds. The average Bonchev–Trinajstić information content (AvgIpc) is 3.93. The molecule has 14 nitrogen and oxygen atoms in total. The molecule has 0 radical (unpaired) electrons. The second kappa shape index (κ2) is 20.6. The second-order valence-electron chi connectivity index (χ2n) is 18.5. The number of nitrogens with zero attached hydrogens (tertiary/aromatic N) is 5. The van der Waals surface area contributed by atoms with Gasteiger partial charge in [0.15, 0.2) is 0 Å². The summed E-state index contributed by atoms with van der Waals surface area (Å²) in [4.78, 5) is 61.4. The van der Waals surface area contributed by atoms with Crippen LogP contribution in [0.4, 0.5) is 0 Å². The van der Waals surface area contributed by atoms with Gasteiger partial charge in [0, 0.05) is 64.4 Å². The van der Waals surface area contributed by atoms with Crippen LogP contribution in [0.3, 0.4) is 0 Å². The number of benzene rings is 2. The number of carboxylic acid groups (broad SMARTS) is 1. The third kappa shape index (κ3) is 10.5. The molecule has 0 spiro atoms. The molecule has 0 saturated carbocycles. The van der Waals surface area contributed by atoms with Gasteiger partial charge in [-0.15, -0.1) is 0 Å². The number of ether oxygens (including phenoxy) is 4. The van der Waals surface area contributed by atoms with Crippen molar-refractivity contribution >= 4 is 33.9 Å². The highest BCUT2D eigenvalue weighted by molar-refractivity contribution is 5.97. The minimum atomic E-state index is -1.24. The maximum atomic E-state index is 13.5. The molecule has 6 heterocycles. The van der Waals surface area contributed by atoms with E-state index in [1.165, 1.54) is 34.9 Å². The van der Waals surface area contributed by atoms with Crippen molar-refractivity contribution in [2.75, 3.05) is 26.4 Å². The average molecular weight is 912 g/mol. The molecule has 0 bridgehead atoms. The monoisotopic (exact) mass is 911 g/mol. The number of hydrogen-bond acceptors (Lipinski definition) is 10. The van der Waals surface area contributed by atoms with Gasteiger partial charge in [0.05, 0.1) is 48.5 Å². The van der Waals surface area contributed by atoms with Gasteiger partial charge in [0.1, 0.15) is 46.1 Å². The number of amides is 1. The predicted octanol–water partition coefficient (Wildman–Crippen LogP) is 7.55. The van der Waals surface area contributed by atoms with E-state index >= 15 is 0 Å². The van der Waals surface area contributed by atoms with Crippen molar-refractivity contribution in [1.82, 2.24) is 24.0 Å². The van der Waals surface area contributed by atoms with Crippen molar-refractivity contribution in [3.8, 4) is 11.5 Å². The molecule has 352 valence electrons. The van der Waals surface area contributed by atoms with Gasteiger partial charge in [-0.05, 0) is 80.3 Å². The Bertz CT molecular complexity index is 2830. The number of aromatic nitrogens is 4. The number of pyridine rings is 4. The molecule has 2 fully saturated rings. The van der Waals surface area contributed by atoms with E-state index in [-0.39, 0.29) is 52.1 Å². The molecule has 4 aromatic heterocycles. The first-order chi connectivity index (χ1) is 32.3. The molecule has 1 N–H and O–H groups in total. The van der Waals surface area contributed by atoms with Gasteiger partial charge in [-0.2, -0.15) is 0 Å². The number of morpholine rings is 1. The Balaban J connectivity index is 0.000000159. The molecule has 2 aliphatic heterocycles. The highest BCUT2D eigenvalue weighted by Crippen LogP contribution is 2.29. The molecule has 2 aromatic carbocycles. The van der Waals surface area contributed by atoms with E-state index < -0.39 is 11.4 Å². The lowest BCUT2D eigenvalue weighted by molar-refractivity contribution is -0.0250. The van der Waals surface area contributed by atoms with Crippen LogP contribution in [-0.4, -0.2) is 91.7 Å². The number of aryl methyl sites for hydroxylation is 2. The van der Waals surface area contributed by atoms with Crippen LogP contribution < -0.4 is 20.3 Å². The third-order valence-electron chi connectivity index (χ3n) is 13.1. The lowest BCUT2D eigenvalue weighted by Crippen LogP contribution is -2.53. The maximum Gasteiger partial charge on any atom is 0.341 e. The first-order valence-electron chi connectivity index (χ1n) is 23.6. The van der Waals surface area contributed by atoms with Crippen LogP contribution in [0.5, 0.6) is 11.5 Å². The smallest absolute Gasteiger partial charge is 0.341 e. The van der Waals surface area contributed by atoms with Gasteiger partial charge in [-0.25, -0.2) is 14.8 Å². The maximum absolute atomic E-state index is 13.5. The van der Waals surface area contributed by atoms with Crippen molar-refractivity contribution in [2.45, 2.75) is 111 Å². The predicted molar refractivity (Wildman–Crippen MR) is 257 cm³/mol. The van der Waals surface area contributed by atoms with E-state index in [0.717, 1.165) is 50.7 Å². The van der Waals surface area contributed by atoms with Gasteiger partial charge < -0.3 is 38.1 Å². The Kier molecular flexibility index (Phi) is 14.5. The molecule has 6 aromatic rings. The Morgan fingerprint density at radius 2 is 1.04 bits per heavy atom. The lowest BCUT2D eigenvalue weighted by Gasteiger charge is -2.38. The molecule has 4 aliphatic rings. The first-order valence-corrected chi connectivity index (χ1v) is 23.6. The third-order valence-corrected chi connectivity index (χ3v) is 13.1. The van der Waals surface area contributed by atoms with E-state index in [1.807, 2.05) is 56.5 Å². The highest BCUT2D eigenvalue weighted by Gasteiger charge is 2.33. The number of rotatable bonds is 8. The summed E-state index contributed by atoms with van der Waals surface area (Å²) in [5.41, 5.74) is 5.22. The van der Waals surface area contributed by atoms with Gasteiger partial charge in [-0.3, -0.25) is 14.4 Å². The fourth-order valence-corrected chi connectivity index (χ4v) is 9.85. The minimum absolute atomic E-state index is 0.00918. The van der Waals surface area contributed by atoms with E-state index in [1.54, 1.807) is 40.2 Å². The summed E-state index contributed by atoms with van der Waals surface area (Å²) in [5.74, 6) is 1.12. The van der Waals surface area contributed by atoms with Gasteiger partial charge in [0.2, 0.25) is 10.9 Å². The van der Waals surface area contributed by atoms with Crippen LogP contribution in [0.1, 0.15) is 90.9 Å². The van der Waals surface area contributed by atoms with E-state index in [2.05, 4.69) is 48.1 Å². The summed E-state index contributed by atoms with van der Waals surface area (Å²) in [6, 6.07) is 19.7. The van der Waals surface area contributed by atoms with Gasteiger partial charge in [0.25, 0.3) is 5.91 Å². The summed E-state index contributed by atoms with van der Waals surface area (Å²) in [5, 5.41) is 9.95. The standard InChI is InChI=1S/C26H29N3O4.C20H18N2O4.C7H14O/c1-4-28-13-23(26(31)29-16(2)14-32-15-17(29)3)24(30)22-11-21(12-27-25(22)28)33-20-9-18-7-5-6-8-19(18)10-20;1-2-22-11-17(20(24)25)18(23)16-9-15(10-21-19(16)22)26-14-7-12-5-3-4-6-13(12)8-14;1-6-3-7(2)5-8-4-6/h5-8,11-13,16-17,20H,4,9-10,14-15H2,1-3H3;3-6,9-11,14H,2,7-8H2,1H3,(H,24,25);6-7H,3-5H2,1-2H3/t16-,17-;;6-,7-/m1.0/s1. The van der Waals surface area contributed by atoms with Gasteiger partial charge >= 0.3 is 5.97 Å². The van der Waals surface area contributed by atoms with Crippen molar-refractivity contribution < 1.29 is 33.6 Å².